The van der Waals surface area contributed by atoms with Crippen LogP contribution >= 0.6 is 12.2 Å². The molecule has 1 aromatic heterocycles. The van der Waals surface area contributed by atoms with Crippen molar-refractivity contribution < 1.29 is 4.74 Å². The smallest absolute Gasteiger partial charge is 0.132 e. The second-order valence-corrected chi connectivity index (χ2v) is 4.14. The first-order valence-electron chi connectivity index (χ1n) is 5.15. The Balaban J connectivity index is 2.17. The Morgan fingerprint density at radius 1 is 1.25 bits per heavy atom. The zero-order valence-electron chi connectivity index (χ0n) is 8.56. The second-order valence-electron chi connectivity index (χ2n) is 3.70. The van der Waals surface area contributed by atoms with Gasteiger partial charge < -0.3 is 4.74 Å². The van der Waals surface area contributed by atoms with E-state index in [1.807, 2.05) is 24.3 Å². The molecule has 0 fully saturated rings. The fourth-order valence-corrected chi connectivity index (χ4v) is 2.03. The van der Waals surface area contributed by atoms with Crippen molar-refractivity contribution in [2.75, 3.05) is 6.61 Å². The summed E-state index contributed by atoms with van der Waals surface area (Å²) in [5.74, 6) is 0.959. The number of benzene rings is 1. The van der Waals surface area contributed by atoms with Gasteiger partial charge in [-0.1, -0.05) is 24.4 Å². The molecule has 0 spiro atoms. The first-order valence-corrected chi connectivity index (χ1v) is 5.56. The van der Waals surface area contributed by atoms with Gasteiger partial charge in [-0.2, -0.15) is 5.10 Å². The van der Waals surface area contributed by atoms with Gasteiger partial charge in [0.1, 0.15) is 10.4 Å². The number of H-pyrrole nitrogens is 1. The number of hydrogen-bond donors (Lipinski definition) is 1. The molecule has 80 valence electrons. The van der Waals surface area contributed by atoms with Gasteiger partial charge in [-0.3, -0.25) is 5.10 Å². The lowest BCUT2D eigenvalue weighted by Crippen LogP contribution is -1.91. The van der Waals surface area contributed by atoms with Gasteiger partial charge >= 0.3 is 0 Å². The molecule has 0 saturated carbocycles. The monoisotopic (exact) mass is 230 g/mol. The van der Waals surface area contributed by atoms with Crippen molar-refractivity contribution in [3.05, 3.63) is 40.5 Å². The molecule has 1 N–H and O–H groups in total. The first kappa shape index (κ1) is 9.54. The minimum Gasteiger partial charge on any atom is -0.492 e. The maximum atomic E-state index is 5.63. The minimum atomic E-state index is 0.636. The fraction of sp³-hybridized carbons (Fsp3) is 0.167. The largest absolute Gasteiger partial charge is 0.492 e. The summed E-state index contributed by atoms with van der Waals surface area (Å²) in [4.78, 5) is 0. The number of hydrogen-bond acceptors (Lipinski definition) is 3. The van der Waals surface area contributed by atoms with E-state index >= 15 is 0 Å². The Morgan fingerprint density at radius 3 is 3.00 bits per heavy atom. The Bertz CT molecular complexity index is 571. The number of ether oxygens (including phenoxy) is 1. The SMILES string of the molecule is S=c1ccc(-c2cccc3c2OCC3)n[nH]1. The van der Waals surface area contributed by atoms with Crippen LogP contribution in [0.2, 0.25) is 0 Å². The van der Waals surface area contributed by atoms with E-state index < -0.39 is 0 Å². The number of nitrogens with zero attached hydrogens (tertiary/aromatic N) is 1. The van der Waals surface area contributed by atoms with Crippen LogP contribution in [-0.2, 0) is 6.42 Å². The standard InChI is InChI=1S/C12H10N2OS/c16-11-5-4-10(13-14-11)9-3-1-2-8-6-7-15-12(8)9/h1-5H,6-7H2,(H,14,16). The van der Waals surface area contributed by atoms with Gasteiger partial charge in [-0.05, 0) is 23.8 Å². The van der Waals surface area contributed by atoms with Crippen molar-refractivity contribution >= 4 is 12.2 Å². The van der Waals surface area contributed by atoms with E-state index in [9.17, 15) is 0 Å². The van der Waals surface area contributed by atoms with E-state index in [4.69, 9.17) is 17.0 Å². The average molecular weight is 230 g/mol. The zero-order valence-corrected chi connectivity index (χ0v) is 9.38. The van der Waals surface area contributed by atoms with Gasteiger partial charge in [0.2, 0.25) is 0 Å². The lowest BCUT2D eigenvalue weighted by Gasteiger charge is -2.06. The third-order valence-corrected chi connectivity index (χ3v) is 2.90. The number of rotatable bonds is 1. The van der Waals surface area contributed by atoms with E-state index in [1.165, 1.54) is 5.56 Å². The highest BCUT2D eigenvalue weighted by atomic mass is 32.1. The van der Waals surface area contributed by atoms with Crippen molar-refractivity contribution in [2.24, 2.45) is 0 Å². The molecule has 0 unspecified atom stereocenters. The van der Waals surface area contributed by atoms with Crippen molar-refractivity contribution in [3.8, 4) is 17.0 Å². The molecule has 3 rings (SSSR count). The Kier molecular flexibility index (Phi) is 2.22. The van der Waals surface area contributed by atoms with Crippen LogP contribution in [0.3, 0.4) is 0 Å². The zero-order chi connectivity index (χ0) is 11.0. The third kappa shape index (κ3) is 1.51. The van der Waals surface area contributed by atoms with E-state index in [0.29, 0.717) is 4.64 Å². The normalized spacial score (nSPS) is 13.2. The van der Waals surface area contributed by atoms with Gasteiger partial charge in [0.05, 0.1) is 12.3 Å². The highest BCUT2D eigenvalue weighted by Crippen LogP contribution is 2.35. The Hall–Kier alpha value is -1.68. The molecule has 16 heavy (non-hydrogen) atoms. The molecule has 0 aliphatic carbocycles. The van der Waals surface area contributed by atoms with Crippen molar-refractivity contribution in [2.45, 2.75) is 6.42 Å². The van der Waals surface area contributed by atoms with Crippen LogP contribution in [0, 0.1) is 4.64 Å². The summed E-state index contributed by atoms with van der Waals surface area (Å²) in [5.41, 5.74) is 3.15. The molecule has 1 aliphatic rings. The van der Waals surface area contributed by atoms with Crippen molar-refractivity contribution in [3.63, 3.8) is 0 Å². The molecule has 0 atom stereocenters. The molecule has 0 saturated heterocycles. The van der Waals surface area contributed by atoms with E-state index in [-0.39, 0.29) is 0 Å². The molecular formula is C12H10N2OS. The maximum Gasteiger partial charge on any atom is 0.132 e. The van der Waals surface area contributed by atoms with Crippen LogP contribution < -0.4 is 4.74 Å². The van der Waals surface area contributed by atoms with E-state index in [2.05, 4.69) is 16.3 Å². The highest BCUT2D eigenvalue weighted by Gasteiger charge is 2.17. The molecule has 2 heterocycles. The molecule has 1 aromatic carbocycles. The molecule has 0 radical (unpaired) electrons. The molecule has 4 heteroatoms. The highest BCUT2D eigenvalue weighted by molar-refractivity contribution is 7.71. The van der Waals surface area contributed by atoms with Gasteiger partial charge in [-0.15, -0.1) is 0 Å². The summed E-state index contributed by atoms with van der Waals surface area (Å²) in [6.45, 7) is 0.759. The number of nitrogens with one attached hydrogen (secondary N) is 1. The second kappa shape index (κ2) is 3.72. The summed E-state index contributed by atoms with van der Waals surface area (Å²) in [5, 5.41) is 7.02. The average Bonchev–Trinajstić information content (AvgIpc) is 2.78. The summed E-state index contributed by atoms with van der Waals surface area (Å²) in [6, 6.07) is 9.90. The Labute approximate surface area is 98.1 Å². The van der Waals surface area contributed by atoms with Crippen LogP contribution in [0.25, 0.3) is 11.3 Å². The third-order valence-electron chi connectivity index (χ3n) is 2.67. The van der Waals surface area contributed by atoms with Crippen molar-refractivity contribution in [1.29, 1.82) is 0 Å². The predicted molar refractivity (Wildman–Crippen MR) is 64.1 cm³/mol. The topological polar surface area (TPSA) is 37.9 Å². The van der Waals surface area contributed by atoms with Crippen LogP contribution in [0.5, 0.6) is 5.75 Å². The van der Waals surface area contributed by atoms with Gasteiger partial charge in [0, 0.05) is 12.0 Å². The Morgan fingerprint density at radius 2 is 2.19 bits per heavy atom. The van der Waals surface area contributed by atoms with Gasteiger partial charge in [0.15, 0.2) is 0 Å². The maximum absolute atomic E-state index is 5.63. The quantitative estimate of drug-likeness (QED) is 0.765. The van der Waals surface area contributed by atoms with E-state index in [1.54, 1.807) is 0 Å². The summed E-state index contributed by atoms with van der Waals surface area (Å²) < 4.78 is 6.27. The van der Waals surface area contributed by atoms with Gasteiger partial charge in [-0.25, -0.2) is 0 Å². The number of para-hydroxylation sites is 1. The summed E-state index contributed by atoms with van der Waals surface area (Å²) >= 11 is 4.97. The molecule has 1 aliphatic heterocycles. The molecule has 0 amide bonds. The minimum absolute atomic E-state index is 0.636. The van der Waals surface area contributed by atoms with Crippen LogP contribution in [0.4, 0.5) is 0 Å². The van der Waals surface area contributed by atoms with Crippen LogP contribution in [0.1, 0.15) is 5.56 Å². The number of aromatic nitrogens is 2. The van der Waals surface area contributed by atoms with E-state index in [0.717, 1.165) is 30.0 Å². The number of aromatic amines is 1. The van der Waals surface area contributed by atoms with Crippen LogP contribution in [0.15, 0.2) is 30.3 Å². The summed E-state index contributed by atoms with van der Waals surface area (Å²) in [6.07, 6.45) is 0.978. The lowest BCUT2D eigenvalue weighted by molar-refractivity contribution is 0.358. The number of fused-ring (bicyclic) bond motifs is 1. The first-order chi connectivity index (χ1) is 7.84. The molecule has 2 aromatic rings. The predicted octanol–water partition coefficient (Wildman–Crippen LogP) is 2.74. The van der Waals surface area contributed by atoms with Crippen molar-refractivity contribution in [1.82, 2.24) is 10.2 Å². The molecule has 0 bridgehead atoms. The molecular weight excluding hydrogens is 220 g/mol. The van der Waals surface area contributed by atoms with Gasteiger partial charge in [0.25, 0.3) is 0 Å². The van der Waals surface area contributed by atoms with Crippen LogP contribution in [-0.4, -0.2) is 16.8 Å². The fourth-order valence-electron chi connectivity index (χ4n) is 1.91. The lowest BCUT2D eigenvalue weighted by atomic mass is 10.1. The summed E-state index contributed by atoms with van der Waals surface area (Å²) in [7, 11) is 0. The molecule has 3 nitrogen and oxygen atoms in total.